The Morgan fingerprint density at radius 1 is 1.33 bits per heavy atom. The molecule has 2 saturated heterocycles. The van der Waals surface area contributed by atoms with E-state index in [0.717, 1.165) is 39.3 Å². The Balaban J connectivity index is 1.77. The summed E-state index contributed by atoms with van der Waals surface area (Å²) in [4.78, 5) is 5.08. The third-order valence-corrected chi connectivity index (χ3v) is 3.25. The van der Waals surface area contributed by atoms with Crippen LogP contribution in [0, 0.1) is 11.8 Å². The summed E-state index contributed by atoms with van der Waals surface area (Å²) in [5.74, 6) is 6.08. The lowest BCUT2D eigenvalue weighted by Crippen LogP contribution is -2.58. The normalized spacial score (nSPS) is 27.9. The molecule has 0 radical (unpaired) electrons. The molecule has 2 fully saturated rings. The van der Waals surface area contributed by atoms with Crippen molar-refractivity contribution in [2.24, 2.45) is 0 Å². The number of fused-ring (bicyclic) bond motifs is 1. The van der Waals surface area contributed by atoms with E-state index in [-0.39, 0.29) is 0 Å². The first-order valence-electron chi connectivity index (χ1n) is 5.84. The van der Waals surface area contributed by atoms with Gasteiger partial charge in [0.2, 0.25) is 0 Å². The molecule has 0 aromatic heterocycles. The SMILES string of the molecule is CC#CCCN1CCN2CCOCC2C1. The molecule has 0 spiro atoms. The van der Waals surface area contributed by atoms with Gasteiger partial charge in [0.1, 0.15) is 0 Å². The Bertz CT molecular complexity index is 256. The Kier molecular flexibility index (Phi) is 4.01. The van der Waals surface area contributed by atoms with E-state index in [4.69, 9.17) is 4.74 Å². The molecular weight excluding hydrogens is 188 g/mol. The molecule has 2 rings (SSSR count). The fourth-order valence-corrected chi connectivity index (χ4v) is 2.35. The van der Waals surface area contributed by atoms with Crippen LogP contribution in [0.1, 0.15) is 13.3 Å². The summed E-state index contributed by atoms with van der Waals surface area (Å²) in [6.45, 7) is 9.53. The van der Waals surface area contributed by atoms with Gasteiger partial charge in [-0.2, -0.15) is 0 Å². The molecule has 0 bridgehead atoms. The number of morpholine rings is 1. The summed E-state index contributed by atoms with van der Waals surface area (Å²) in [7, 11) is 0. The van der Waals surface area contributed by atoms with Crippen molar-refractivity contribution in [2.75, 3.05) is 45.9 Å². The van der Waals surface area contributed by atoms with Crippen LogP contribution in [0.2, 0.25) is 0 Å². The number of piperazine rings is 1. The van der Waals surface area contributed by atoms with E-state index < -0.39 is 0 Å². The van der Waals surface area contributed by atoms with E-state index in [1.54, 1.807) is 0 Å². The van der Waals surface area contributed by atoms with Crippen molar-refractivity contribution in [3.63, 3.8) is 0 Å². The van der Waals surface area contributed by atoms with E-state index in [1.165, 1.54) is 13.1 Å². The Morgan fingerprint density at radius 3 is 3.13 bits per heavy atom. The van der Waals surface area contributed by atoms with Gasteiger partial charge in [0.05, 0.1) is 13.2 Å². The molecule has 15 heavy (non-hydrogen) atoms. The molecule has 0 N–H and O–H groups in total. The molecule has 3 nitrogen and oxygen atoms in total. The van der Waals surface area contributed by atoms with Gasteiger partial charge in [-0.3, -0.25) is 9.80 Å². The molecule has 1 atom stereocenters. The highest BCUT2D eigenvalue weighted by atomic mass is 16.5. The molecule has 0 saturated carbocycles. The van der Waals surface area contributed by atoms with Gasteiger partial charge in [0.15, 0.2) is 0 Å². The van der Waals surface area contributed by atoms with Crippen LogP contribution in [-0.4, -0.2) is 61.8 Å². The first-order valence-corrected chi connectivity index (χ1v) is 5.84. The summed E-state index contributed by atoms with van der Waals surface area (Å²) in [5, 5.41) is 0. The third-order valence-electron chi connectivity index (χ3n) is 3.25. The fraction of sp³-hybridized carbons (Fsp3) is 0.833. The van der Waals surface area contributed by atoms with Crippen LogP contribution in [0.3, 0.4) is 0 Å². The zero-order valence-corrected chi connectivity index (χ0v) is 9.54. The van der Waals surface area contributed by atoms with Crippen molar-refractivity contribution < 1.29 is 4.74 Å². The van der Waals surface area contributed by atoms with Crippen molar-refractivity contribution >= 4 is 0 Å². The van der Waals surface area contributed by atoms with Crippen LogP contribution in [0.5, 0.6) is 0 Å². The number of nitrogens with zero attached hydrogens (tertiary/aromatic N) is 2. The van der Waals surface area contributed by atoms with Gasteiger partial charge in [0, 0.05) is 45.2 Å². The zero-order chi connectivity index (χ0) is 10.5. The van der Waals surface area contributed by atoms with Gasteiger partial charge in [-0.05, 0) is 6.92 Å². The monoisotopic (exact) mass is 208 g/mol. The minimum Gasteiger partial charge on any atom is -0.378 e. The summed E-state index contributed by atoms with van der Waals surface area (Å²) < 4.78 is 5.52. The summed E-state index contributed by atoms with van der Waals surface area (Å²) in [6, 6.07) is 0.627. The van der Waals surface area contributed by atoms with Gasteiger partial charge in [-0.15, -0.1) is 11.8 Å². The number of ether oxygens (including phenoxy) is 1. The fourth-order valence-electron chi connectivity index (χ4n) is 2.35. The lowest BCUT2D eigenvalue weighted by Gasteiger charge is -2.43. The van der Waals surface area contributed by atoms with Crippen LogP contribution in [0.15, 0.2) is 0 Å². The number of hydrogen-bond acceptors (Lipinski definition) is 3. The van der Waals surface area contributed by atoms with Crippen molar-refractivity contribution in [3.8, 4) is 11.8 Å². The van der Waals surface area contributed by atoms with E-state index >= 15 is 0 Å². The predicted octanol–water partition coefficient (Wildman–Crippen LogP) is 0.416. The van der Waals surface area contributed by atoms with Crippen LogP contribution in [0.25, 0.3) is 0 Å². The Morgan fingerprint density at radius 2 is 2.27 bits per heavy atom. The summed E-state index contributed by atoms with van der Waals surface area (Å²) in [6.07, 6.45) is 1.00. The maximum Gasteiger partial charge on any atom is 0.0634 e. The Labute approximate surface area is 92.4 Å². The van der Waals surface area contributed by atoms with Crippen molar-refractivity contribution in [2.45, 2.75) is 19.4 Å². The molecule has 0 aromatic carbocycles. The van der Waals surface area contributed by atoms with Crippen LogP contribution < -0.4 is 0 Å². The van der Waals surface area contributed by atoms with Crippen LogP contribution in [0.4, 0.5) is 0 Å². The Hall–Kier alpha value is -0.560. The highest BCUT2D eigenvalue weighted by Crippen LogP contribution is 2.13. The maximum atomic E-state index is 5.52. The zero-order valence-electron chi connectivity index (χ0n) is 9.54. The molecule has 2 heterocycles. The molecule has 1 unspecified atom stereocenters. The molecule has 0 amide bonds. The first kappa shape index (κ1) is 10.9. The molecule has 0 aliphatic carbocycles. The predicted molar refractivity (Wildman–Crippen MR) is 60.7 cm³/mol. The van der Waals surface area contributed by atoms with E-state index in [1.807, 2.05) is 6.92 Å². The summed E-state index contributed by atoms with van der Waals surface area (Å²) in [5.41, 5.74) is 0. The van der Waals surface area contributed by atoms with E-state index in [2.05, 4.69) is 21.6 Å². The largest absolute Gasteiger partial charge is 0.378 e. The second kappa shape index (κ2) is 5.50. The maximum absolute atomic E-state index is 5.52. The molecule has 84 valence electrons. The quantitative estimate of drug-likeness (QED) is 0.612. The summed E-state index contributed by atoms with van der Waals surface area (Å²) >= 11 is 0. The minimum absolute atomic E-state index is 0.627. The van der Waals surface area contributed by atoms with Crippen LogP contribution >= 0.6 is 0 Å². The van der Waals surface area contributed by atoms with Gasteiger partial charge >= 0.3 is 0 Å². The molecular formula is C12H20N2O. The van der Waals surface area contributed by atoms with Gasteiger partial charge in [-0.1, -0.05) is 0 Å². The van der Waals surface area contributed by atoms with Crippen molar-refractivity contribution in [1.29, 1.82) is 0 Å². The minimum atomic E-state index is 0.627. The first-order chi connectivity index (χ1) is 7.40. The second-order valence-electron chi connectivity index (χ2n) is 4.24. The van der Waals surface area contributed by atoms with Gasteiger partial charge < -0.3 is 4.74 Å². The second-order valence-corrected chi connectivity index (χ2v) is 4.24. The van der Waals surface area contributed by atoms with E-state index in [9.17, 15) is 0 Å². The molecule has 2 aliphatic heterocycles. The molecule has 2 aliphatic rings. The smallest absolute Gasteiger partial charge is 0.0634 e. The topological polar surface area (TPSA) is 15.7 Å². The average Bonchev–Trinajstić information content (AvgIpc) is 2.29. The van der Waals surface area contributed by atoms with Gasteiger partial charge in [-0.25, -0.2) is 0 Å². The third kappa shape index (κ3) is 2.94. The molecule has 0 aromatic rings. The standard InChI is InChI=1S/C12H20N2O/c1-2-3-4-5-13-6-7-14-8-9-15-11-12(14)10-13/h12H,4-11H2,1H3. The molecule has 3 heteroatoms. The lowest BCUT2D eigenvalue weighted by molar-refractivity contribution is -0.0441. The highest BCUT2D eigenvalue weighted by molar-refractivity contribution is 4.96. The van der Waals surface area contributed by atoms with Crippen LogP contribution in [-0.2, 0) is 4.74 Å². The highest BCUT2D eigenvalue weighted by Gasteiger charge is 2.28. The number of hydrogen-bond donors (Lipinski definition) is 0. The average molecular weight is 208 g/mol. The van der Waals surface area contributed by atoms with Crippen molar-refractivity contribution in [3.05, 3.63) is 0 Å². The number of rotatable bonds is 2. The van der Waals surface area contributed by atoms with Crippen molar-refractivity contribution in [1.82, 2.24) is 9.80 Å². The lowest BCUT2D eigenvalue weighted by atomic mass is 10.1. The van der Waals surface area contributed by atoms with E-state index in [0.29, 0.717) is 6.04 Å². The van der Waals surface area contributed by atoms with Gasteiger partial charge in [0.25, 0.3) is 0 Å².